The van der Waals surface area contributed by atoms with E-state index in [-0.39, 0.29) is 11.0 Å². The summed E-state index contributed by atoms with van der Waals surface area (Å²) in [6.45, 7) is 4.18. The van der Waals surface area contributed by atoms with Crippen molar-refractivity contribution in [3.8, 4) is 5.75 Å². The molecule has 0 saturated heterocycles. The number of halogens is 1. The predicted octanol–water partition coefficient (Wildman–Crippen LogP) is 3.91. The Labute approximate surface area is 114 Å². The molecule has 1 aliphatic heterocycles. The second kappa shape index (κ2) is 5.02. The largest absolute Gasteiger partial charge is 0.496 e. The highest BCUT2D eigenvalue weighted by atomic mass is 79.9. The van der Waals surface area contributed by atoms with Gasteiger partial charge in [-0.25, -0.2) is 0 Å². The van der Waals surface area contributed by atoms with Crippen LogP contribution < -0.4 is 4.74 Å². The van der Waals surface area contributed by atoms with Gasteiger partial charge in [0.2, 0.25) is 0 Å². The molecule has 1 aromatic carbocycles. The van der Waals surface area contributed by atoms with Crippen molar-refractivity contribution >= 4 is 33.5 Å². The zero-order valence-corrected chi connectivity index (χ0v) is 12.5. The molecule has 1 unspecified atom stereocenters. The van der Waals surface area contributed by atoms with Crippen LogP contribution in [0, 0.1) is 5.92 Å². The van der Waals surface area contributed by atoms with E-state index in [1.807, 2.05) is 12.1 Å². The maximum absolute atomic E-state index is 12.5. The smallest absolute Gasteiger partial charge is 0.180 e. The van der Waals surface area contributed by atoms with Gasteiger partial charge in [-0.05, 0) is 23.6 Å². The molecule has 0 aromatic heterocycles. The number of carbonyl (C=O) groups is 1. The van der Waals surface area contributed by atoms with Crippen molar-refractivity contribution in [2.24, 2.45) is 5.92 Å². The van der Waals surface area contributed by atoms with Gasteiger partial charge >= 0.3 is 0 Å². The van der Waals surface area contributed by atoms with Gasteiger partial charge in [0.05, 0.1) is 17.9 Å². The van der Waals surface area contributed by atoms with E-state index in [0.717, 1.165) is 21.4 Å². The molecule has 17 heavy (non-hydrogen) atoms. The van der Waals surface area contributed by atoms with Crippen LogP contribution in [0.15, 0.2) is 16.6 Å². The first-order valence-electron chi connectivity index (χ1n) is 5.57. The summed E-state index contributed by atoms with van der Waals surface area (Å²) in [5.74, 6) is 2.11. The van der Waals surface area contributed by atoms with E-state index >= 15 is 0 Å². The number of Topliss-reactive ketones (excluding diaryl/α,β-unsaturated/α-hetero) is 1. The van der Waals surface area contributed by atoms with Crippen molar-refractivity contribution in [2.75, 3.05) is 7.11 Å². The standard InChI is InChI=1S/C13H15BrO2S/c1-7(2)13-12(15)11-8(6-17-13)9(14)4-5-10(11)16-3/h4-5,7,13H,6H2,1-3H3. The van der Waals surface area contributed by atoms with Crippen LogP contribution >= 0.6 is 27.7 Å². The van der Waals surface area contributed by atoms with Crippen LogP contribution in [-0.2, 0) is 5.75 Å². The average molecular weight is 315 g/mol. The second-order valence-electron chi connectivity index (χ2n) is 4.44. The van der Waals surface area contributed by atoms with Crippen LogP contribution in [0.1, 0.15) is 29.8 Å². The Morgan fingerprint density at radius 3 is 2.76 bits per heavy atom. The normalized spacial score (nSPS) is 19.4. The van der Waals surface area contributed by atoms with Crippen molar-refractivity contribution in [3.05, 3.63) is 27.7 Å². The summed E-state index contributed by atoms with van der Waals surface area (Å²) in [7, 11) is 1.61. The van der Waals surface area contributed by atoms with Crippen LogP contribution in [0.3, 0.4) is 0 Å². The molecule has 0 radical (unpaired) electrons. The molecule has 0 bridgehead atoms. The zero-order valence-electron chi connectivity index (χ0n) is 10.1. The summed E-state index contributed by atoms with van der Waals surface area (Å²) in [6.07, 6.45) is 0. The Morgan fingerprint density at radius 1 is 1.47 bits per heavy atom. The number of carbonyl (C=O) groups excluding carboxylic acids is 1. The summed E-state index contributed by atoms with van der Waals surface area (Å²) in [5.41, 5.74) is 1.83. The fourth-order valence-corrected chi connectivity index (χ4v) is 4.02. The van der Waals surface area contributed by atoms with Crippen molar-refractivity contribution in [1.29, 1.82) is 0 Å². The van der Waals surface area contributed by atoms with Crippen LogP contribution in [-0.4, -0.2) is 18.1 Å². The zero-order chi connectivity index (χ0) is 12.6. The Hall–Kier alpha value is -0.480. The van der Waals surface area contributed by atoms with Crippen molar-refractivity contribution in [1.82, 2.24) is 0 Å². The minimum atomic E-state index is 0.0469. The van der Waals surface area contributed by atoms with Crippen molar-refractivity contribution in [3.63, 3.8) is 0 Å². The molecule has 1 aromatic rings. The number of thioether (sulfide) groups is 1. The van der Waals surface area contributed by atoms with E-state index in [2.05, 4.69) is 29.8 Å². The molecule has 1 heterocycles. The fraction of sp³-hybridized carbons (Fsp3) is 0.462. The van der Waals surface area contributed by atoms with E-state index in [4.69, 9.17) is 4.74 Å². The van der Waals surface area contributed by atoms with Crippen LogP contribution in [0.2, 0.25) is 0 Å². The molecule has 0 spiro atoms. The summed E-state index contributed by atoms with van der Waals surface area (Å²) in [4.78, 5) is 12.5. The molecule has 2 nitrogen and oxygen atoms in total. The molecular weight excluding hydrogens is 300 g/mol. The van der Waals surface area contributed by atoms with Gasteiger partial charge in [0.25, 0.3) is 0 Å². The Morgan fingerprint density at radius 2 is 2.18 bits per heavy atom. The monoisotopic (exact) mass is 314 g/mol. The van der Waals surface area contributed by atoms with Gasteiger partial charge in [-0.2, -0.15) is 0 Å². The topological polar surface area (TPSA) is 26.3 Å². The van der Waals surface area contributed by atoms with Gasteiger partial charge in [-0.1, -0.05) is 29.8 Å². The number of hydrogen-bond donors (Lipinski definition) is 0. The highest BCUT2D eigenvalue weighted by molar-refractivity contribution is 9.10. The van der Waals surface area contributed by atoms with Gasteiger partial charge < -0.3 is 4.74 Å². The summed E-state index contributed by atoms with van der Waals surface area (Å²) in [6, 6.07) is 3.80. The third kappa shape index (κ3) is 2.25. The minimum absolute atomic E-state index is 0.0469. The van der Waals surface area contributed by atoms with E-state index < -0.39 is 0 Å². The molecule has 0 amide bonds. The van der Waals surface area contributed by atoms with Crippen molar-refractivity contribution < 1.29 is 9.53 Å². The van der Waals surface area contributed by atoms with Crippen LogP contribution in [0.5, 0.6) is 5.75 Å². The van der Waals surface area contributed by atoms with E-state index in [1.54, 1.807) is 18.9 Å². The second-order valence-corrected chi connectivity index (χ2v) is 6.43. The maximum Gasteiger partial charge on any atom is 0.180 e. The lowest BCUT2D eigenvalue weighted by Gasteiger charge is -2.27. The highest BCUT2D eigenvalue weighted by Crippen LogP contribution is 2.41. The lowest BCUT2D eigenvalue weighted by molar-refractivity contribution is 0.0970. The van der Waals surface area contributed by atoms with E-state index in [9.17, 15) is 4.79 Å². The van der Waals surface area contributed by atoms with Gasteiger partial charge in [0.15, 0.2) is 5.78 Å². The highest BCUT2D eigenvalue weighted by Gasteiger charge is 2.33. The Balaban J connectivity index is 2.54. The molecule has 0 saturated carbocycles. The number of ether oxygens (including phenoxy) is 1. The summed E-state index contributed by atoms with van der Waals surface area (Å²) < 4.78 is 6.31. The lowest BCUT2D eigenvalue weighted by Crippen LogP contribution is -2.28. The van der Waals surface area contributed by atoms with Crippen LogP contribution in [0.4, 0.5) is 0 Å². The lowest BCUT2D eigenvalue weighted by atomic mass is 9.95. The third-order valence-corrected chi connectivity index (χ3v) is 5.27. The molecule has 2 rings (SSSR count). The first-order valence-corrected chi connectivity index (χ1v) is 7.41. The summed E-state index contributed by atoms with van der Waals surface area (Å²) in [5, 5.41) is 0.0469. The van der Waals surface area contributed by atoms with Crippen molar-refractivity contribution in [2.45, 2.75) is 24.9 Å². The van der Waals surface area contributed by atoms with Gasteiger partial charge in [0.1, 0.15) is 5.75 Å². The number of benzene rings is 1. The van der Waals surface area contributed by atoms with E-state index in [1.165, 1.54) is 0 Å². The van der Waals surface area contributed by atoms with E-state index in [0.29, 0.717) is 11.7 Å². The third-order valence-electron chi connectivity index (χ3n) is 2.95. The van der Waals surface area contributed by atoms with Gasteiger partial charge in [-0.15, -0.1) is 11.8 Å². The molecule has 1 aliphatic rings. The van der Waals surface area contributed by atoms with Crippen LogP contribution in [0.25, 0.3) is 0 Å². The molecule has 0 fully saturated rings. The molecule has 4 heteroatoms. The first-order chi connectivity index (χ1) is 8.06. The Kier molecular flexibility index (Phi) is 3.83. The quantitative estimate of drug-likeness (QED) is 0.827. The molecule has 0 N–H and O–H groups in total. The Bertz CT molecular complexity index is 457. The number of rotatable bonds is 2. The summed E-state index contributed by atoms with van der Waals surface area (Å²) >= 11 is 5.23. The molecule has 92 valence electrons. The number of hydrogen-bond acceptors (Lipinski definition) is 3. The average Bonchev–Trinajstić information content (AvgIpc) is 2.30. The minimum Gasteiger partial charge on any atom is -0.496 e. The molecule has 0 aliphatic carbocycles. The SMILES string of the molecule is COc1ccc(Br)c2c1C(=O)C(C(C)C)SC2. The number of ketones is 1. The maximum atomic E-state index is 12.5. The fourth-order valence-electron chi connectivity index (χ4n) is 2.07. The number of methoxy groups -OCH3 is 1. The predicted molar refractivity (Wildman–Crippen MR) is 74.9 cm³/mol. The van der Waals surface area contributed by atoms with Gasteiger partial charge in [-0.3, -0.25) is 4.79 Å². The molecule has 1 atom stereocenters. The number of fused-ring (bicyclic) bond motifs is 1. The van der Waals surface area contributed by atoms with Gasteiger partial charge in [0, 0.05) is 10.2 Å². The first kappa shape index (κ1) is 13.0. The molecular formula is C13H15BrO2S.